The highest BCUT2D eigenvalue weighted by atomic mass is 16.3. The van der Waals surface area contributed by atoms with E-state index in [1.54, 1.807) is 24.5 Å². The number of aromatic amines is 1. The number of anilines is 1. The average Bonchev–Trinajstić information content (AvgIpc) is 2.75. The van der Waals surface area contributed by atoms with Crippen LogP contribution in [0.2, 0.25) is 0 Å². The Morgan fingerprint density at radius 2 is 2.44 bits per heavy atom. The van der Waals surface area contributed by atoms with Gasteiger partial charge in [-0.3, -0.25) is 4.79 Å². The third-order valence-corrected chi connectivity index (χ3v) is 2.21. The molecule has 5 N–H and O–H groups in total. The monoisotopic (exact) mass is 220 g/mol. The number of imidazole rings is 1. The molecule has 0 saturated carbocycles. The van der Waals surface area contributed by atoms with Crippen molar-refractivity contribution in [3.8, 4) is 0 Å². The van der Waals surface area contributed by atoms with Gasteiger partial charge < -0.3 is 21.1 Å². The van der Waals surface area contributed by atoms with Crippen LogP contribution in [0.15, 0.2) is 24.5 Å². The summed E-state index contributed by atoms with van der Waals surface area (Å²) >= 11 is 0. The number of nitrogens with zero attached hydrogens (tertiary/aromatic N) is 1. The Labute approximate surface area is 91.5 Å². The molecule has 0 bridgehead atoms. The quantitative estimate of drug-likeness (QED) is 0.576. The molecule has 0 aliphatic rings. The summed E-state index contributed by atoms with van der Waals surface area (Å²) in [6, 6.07) is 5.23. The largest absolute Gasteiger partial charge is 0.382 e. The first-order valence-electron chi connectivity index (χ1n) is 4.83. The molecule has 1 aromatic carbocycles. The lowest BCUT2D eigenvalue weighted by Crippen LogP contribution is -2.34. The molecular formula is C10H12N4O2. The lowest BCUT2D eigenvalue weighted by atomic mass is 10.2. The fourth-order valence-electron chi connectivity index (χ4n) is 1.35. The Balaban J connectivity index is 2.17. The Morgan fingerprint density at radius 1 is 1.62 bits per heavy atom. The number of amides is 1. The van der Waals surface area contributed by atoms with Crippen LogP contribution < -0.4 is 11.1 Å². The minimum absolute atomic E-state index is 0.0991. The summed E-state index contributed by atoms with van der Waals surface area (Å²) in [6.45, 7) is -0.0991. The van der Waals surface area contributed by atoms with E-state index in [1.807, 2.05) is 0 Å². The van der Waals surface area contributed by atoms with Gasteiger partial charge >= 0.3 is 0 Å². The van der Waals surface area contributed by atoms with Crippen LogP contribution in [0.5, 0.6) is 0 Å². The fraction of sp³-hybridized carbons (Fsp3) is 0.200. The molecule has 6 heteroatoms. The van der Waals surface area contributed by atoms with Gasteiger partial charge in [0.15, 0.2) is 0 Å². The van der Waals surface area contributed by atoms with E-state index in [0.717, 1.165) is 11.0 Å². The number of aliphatic hydroxyl groups excluding tert-OH is 1. The number of hydrogen-bond donors (Lipinski definition) is 4. The molecule has 6 nitrogen and oxygen atoms in total. The third-order valence-electron chi connectivity index (χ3n) is 2.21. The predicted molar refractivity (Wildman–Crippen MR) is 59.8 cm³/mol. The number of aliphatic hydroxyl groups is 1. The molecule has 16 heavy (non-hydrogen) atoms. The van der Waals surface area contributed by atoms with Crippen molar-refractivity contribution >= 4 is 22.6 Å². The number of nitrogens with two attached hydrogens (primary N) is 1. The zero-order valence-corrected chi connectivity index (χ0v) is 8.47. The molecule has 84 valence electrons. The van der Waals surface area contributed by atoms with Crippen LogP contribution >= 0.6 is 0 Å². The Hall–Kier alpha value is -1.92. The van der Waals surface area contributed by atoms with E-state index < -0.39 is 12.0 Å². The van der Waals surface area contributed by atoms with Crippen LogP contribution in [-0.2, 0) is 4.79 Å². The van der Waals surface area contributed by atoms with Gasteiger partial charge in [0.2, 0.25) is 0 Å². The first-order valence-corrected chi connectivity index (χ1v) is 4.83. The van der Waals surface area contributed by atoms with E-state index in [1.165, 1.54) is 0 Å². The molecule has 0 fully saturated rings. The number of carbonyl (C=O) groups is 1. The number of nitrogens with one attached hydrogen (secondary N) is 2. The molecule has 1 heterocycles. The number of carbonyl (C=O) groups excluding carboxylic acids is 1. The summed E-state index contributed by atoms with van der Waals surface area (Å²) < 4.78 is 0. The third kappa shape index (κ3) is 2.02. The molecular weight excluding hydrogens is 208 g/mol. The topological polar surface area (TPSA) is 104 Å². The van der Waals surface area contributed by atoms with Crippen LogP contribution in [0.4, 0.5) is 5.69 Å². The molecule has 2 rings (SSSR count). The number of benzene rings is 1. The minimum Gasteiger partial charge on any atom is -0.382 e. The van der Waals surface area contributed by atoms with Crippen molar-refractivity contribution in [1.82, 2.24) is 9.97 Å². The highest BCUT2D eigenvalue weighted by Gasteiger charge is 2.12. The van der Waals surface area contributed by atoms with Crippen molar-refractivity contribution < 1.29 is 9.90 Å². The highest BCUT2D eigenvalue weighted by molar-refractivity contribution is 5.95. The molecule has 0 spiro atoms. The van der Waals surface area contributed by atoms with Crippen molar-refractivity contribution in [1.29, 1.82) is 0 Å². The molecule has 1 atom stereocenters. The summed E-state index contributed by atoms with van der Waals surface area (Å²) in [5, 5.41) is 11.8. The Kier molecular flexibility index (Phi) is 2.84. The van der Waals surface area contributed by atoms with Crippen LogP contribution in [-0.4, -0.2) is 33.6 Å². The lowest BCUT2D eigenvalue weighted by molar-refractivity contribution is -0.123. The Bertz CT molecular complexity index is 508. The van der Waals surface area contributed by atoms with Crippen LogP contribution in [0, 0.1) is 0 Å². The Morgan fingerprint density at radius 3 is 3.19 bits per heavy atom. The number of H-pyrrole nitrogens is 1. The number of hydrogen-bond acceptors (Lipinski definition) is 4. The van der Waals surface area contributed by atoms with Crippen molar-refractivity contribution in [2.45, 2.75) is 6.10 Å². The first kappa shape index (κ1) is 10.6. The molecule has 1 amide bonds. The highest BCUT2D eigenvalue weighted by Crippen LogP contribution is 2.15. The van der Waals surface area contributed by atoms with E-state index >= 15 is 0 Å². The first-order chi connectivity index (χ1) is 7.70. The molecule has 2 aromatic rings. The maximum Gasteiger partial charge on any atom is 0.254 e. The van der Waals surface area contributed by atoms with Gasteiger partial charge in [0.25, 0.3) is 5.91 Å². The van der Waals surface area contributed by atoms with Gasteiger partial charge in [-0.2, -0.15) is 0 Å². The molecule has 0 saturated heterocycles. The molecule has 1 aromatic heterocycles. The second-order valence-electron chi connectivity index (χ2n) is 3.38. The standard InChI is InChI=1S/C10H12N4O2/c11-4-9(15)10(16)14-6-1-2-7-8(3-6)13-5-12-7/h1-3,5,9,15H,4,11H2,(H,12,13)(H,14,16). The SMILES string of the molecule is NCC(O)C(=O)Nc1ccc2nc[nH]c2c1. The number of rotatable bonds is 3. The van der Waals surface area contributed by atoms with E-state index in [2.05, 4.69) is 15.3 Å². The zero-order chi connectivity index (χ0) is 11.5. The average molecular weight is 220 g/mol. The number of fused-ring (bicyclic) bond motifs is 1. The van der Waals surface area contributed by atoms with Crippen molar-refractivity contribution in [3.63, 3.8) is 0 Å². The van der Waals surface area contributed by atoms with Gasteiger partial charge in [-0.15, -0.1) is 0 Å². The van der Waals surface area contributed by atoms with E-state index in [4.69, 9.17) is 5.73 Å². The zero-order valence-electron chi connectivity index (χ0n) is 8.47. The van der Waals surface area contributed by atoms with E-state index in [-0.39, 0.29) is 6.54 Å². The van der Waals surface area contributed by atoms with Gasteiger partial charge in [-0.25, -0.2) is 4.98 Å². The second-order valence-corrected chi connectivity index (χ2v) is 3.38. The van der Waals surface area contributed by atoms with E-state index in [0.29, 0.717) is 5.69 Å². The van der Waals surface area contributed by atoms with Gasteiger partial charge in [0, 0.05) is 12.2 Å². The smallest absolute Gasteiger partial charge is 0.254 e. The minimum atomic E-state index is -1.18. The van der Waals surface area contributed by atoms with Gasteiger partial charge in [-0.1, -0.05) is 0 Å². The van der Waals surface area contributed by atoms with Crippen molar-refractivity contribution in [2.24, 2.45) is 5.73 Å². The van der Waals surface area contributed by atoms with Crippen molar-refractivity contribution in [2.75, 3.05) is 11.9 Å². The van der Waals surface area contributed by atoms with E-state index in [9.17, 15) is 9.90 Å². The van der Waals surface area contributed by atoms with Crippen LogP contribution in [0.25, 0.3) is 11.0 Å². The summed E-state index contributed by atoms with van der Waals surface area (Å²) in [5.74, 6) is -0.513. The lowest BCUT2D eigenvalue weighted by Gasteiger charge is -2.08. The normalized spacial score (nSPS) is 12.6. The maximum atomic E-state index is 11.4. The van der Waals surface area contributed by atoms with Crippen LogP contribution in [0.3, 0.4) is 0 Å². The summed E-state index contributed by atoms with van der Waals surface area (Å²) in [7, 11) is 0. The van der Waals surface area contributed by atoms with Gasteiger partial charge in [0.05, 0.1) is 17.4 Å². The second kappa shape index (κ2) is 4.30. The molecule has 0 radical (unpaired) electrons. The maximum absolute atomic E-state index is 11.4. The van der Waals surface area contributed by atoms with Crippen LogP contribution in [0.1, 0.15) is 0 Å². The fourth-order valence-corrected chi connectivity index (χ4v) is 1.35. The predicted octanol–water partition coefficient (Wildman–Crippen LogP) is -0.179. The van der Waals surface area contributed by atoms with Gasteiger partial charge in [-0.05, 0) is 18.2 Å². The number of aromatic nitrogens is 2. The van der Waals surface area contributed by atoms with Crippen molar-refractivity contribution in [3.05, 3.63) is 24.5 Å². The summed E-state index contributed by atoms with van der Waals surface area (Å²) in [4.78, 5) is 18.3. The molecule has 0 aliphatic carbocycles. The van der Waals surface area contributed by atoms with Gasteiger partial charge in [0.1, 0.15) is 6.10 Å². The molecule has 1 unspecified atom stereocenters. The summed E-state index contributed by atoms with van der Waals surface area (Å²) in [5.41, 5.74) is 7.40. The summed E-state index contributed by atoms with van der Waals surface area (Å²) in [6.07, 6.45) is 0.391. The molecule has 0 aliphatic heterocycles.